The molecule has 27 heavy (non-hydrogen) atoms. The van der Waals surface area contributed by atoms with E-state index in [1.807, 2.05) is 30.4 Å². The van der Waals surface area contributed by atoms with Crippen LogP contribution in [0.2, 0.25) is 0 Å². The Balaban J connectivity index is 2.39. The second kappa shape index (κ2) is 13.5. The largest absolute Gasteiger partial charge is 0.481 e. The van der Waals surface area contributed by atoms with Crippen molar-refractivity contribution in [3.05, 3.63) is 48.6 Å². The minimum atomic E-state index is -0.798. The summed E-state index contributed by atoms with van der Waals surface area (Å²) < 4.78 is 0. The summed E-state index contributed by atoms with van der Waals surface area (Å²) in [5.41, 5.74) is 0. The van der Waals surface area contributed by atoms with E-state index >= 15 is 0 Å². The van der Waals surface area contributed by atoms with Gasteiger partial charge in [0.2, 0.25) is 0 Å². The van der Waals surface area contributed by atoms with Gasteiger partial charge in [-0.05, 0) is 38.0 Å². The second-order valence-corrected chi connectivity index (χ2v) is 7.03. The van der Waals surface area contributed by atoms with Gasteiger partial charge in [0, 0.05) is 18.8 Å². The van der Waals surface area contributed by atoms with E-state index in [1.165, 1.54) is 0 Å². The van der Waals surface area contributed by atoms with Crippen molar-refractivity contribution in [3.63, 3.8) is 0 Å². The summed E-state index contributed by atoms with van der Waals surface area (Å²) in [6, 6.07) is 0. The molecule has 0 radical (unpaired) electrons. The van der Waals surface area contributed by atoms with Crippen molar-refractivity contribution in [3.8, 4) is 0 Å². The van der Waals surface area contributed by atoms with E-state index in [0.29, 0.717) is 25.7 Å². The maximum atomic E-state index is 10.4. The fraction of sp³-hybridized carbons (Fsp3) is 0.591. The maximum Gasteiger partial charge on any atom is 0.303 e. The summed E-state index contributed by atoms with van der Waals surface area (Å²) in [6.07, 6.45) is 17.4. The summed E-state index contributed by atoms with van der Waals surface area (Å²) in [5, 5.41) is 38.9. The van der Waals surface area contributed by atoms with Gasteiger partial charge in [-0.1, -0.05) is 55.5 Å². The maximum absolute atomic E-state index is 10.4. The Morgan fingerprint density at radius 3 is 2.52 bits per heavy atom. The number of carboxylic acid groups (broad SMARTS) is 1. The van der Waals surface area contributed by atoms with Crippen molar-refractivity contribution in [2.24, 2.45) is 11.8 Å². The molecule has 0 aromatic rings. The molecule has 0 saturated heterocycles. The molecule has 1 fully saturated rings. The molecule has 0 bridgehead atoms. The molecule has 1 saturated carbocycles. The smallest absolute Gasteiger partial charge is 0.303 e. The van der Waals surface area contributed by atoms with Crippen LogP contribution in [-0.2, 0) is 4.79 Å². The first-order valence-electron chi connectivity index (χ1n) is 9.85. The lowest BCUT2D eigenvalue weighted by molar-refractivity contribution is -0.136. The quantitative estimate of drug-likeness (QED) is 0.390. The molecule has 0 spiro atoms. The van der Waals surface area contributed by atoms with Crippen molar-refractivity contribution < 1.29 is 25.2 Å². The van der Waals surface area contributed by atoms with Gasteiger partial charge in [0.15, 0.2) is 0 Å². The van der Waals surface area contributed by atoms with Crippen LogP contribution in [-0.4, -0.2) is 44.7 Å². The molecule has 5 nitrogen and oxygen atoms in total. The Hall–Kier alpha value is -1.69. The summed E-state index contributed by atoms with van der Waals surface area (Å²) in [7, 11) is 0. The lowest BCUT2D eigenvalue weighted by atomic mass is 9.89. The molecule has 0 unspecified atom stereocenters. The van der Waals surface area contributed by atoms with E-state index < -0.39 is 24.3 Å². The Bertz CT molecular complexity index is 535. The third kappa shape index (κ3) is 9.70. The van der Waals surface area contributed by atoms with Crippen molar-refractivity contribution in [2.45, 2.75) is 70.2 Å². The molecule has 5 heteroatoms. The molecular weight excluding hydrogens is 344 g/mol. The number of rotatable bonds is 12. The highest BCUT2D eigenvalue weighted by atomic mass is 16.4. The molecule has 1 aliphatic rings. The van der Waals surface area contributed by atoms with E-state index in [9.17, 15) is 20.1 Å². The van der Waals surface area contributed by atoms with Gasteiger partial charge >= 0.3 is 5.97 Å². The van der Waals surface area contributed by atoms with Gasteiger partial charge in [-0.25, -0.2) is 0 Å². The molecule has 0 aliphatic heterocycles. The van der Waals surface area contributed by atoms with Gasteiger partial charge in [0.25, 0.3) is 0 Å². The number of carbonyl (C=O) groups is 1. The molecule has 5 atom stereocenters. The van der Waals surface area contributed by atoms with Crippen LogP contribution < -0.4 is 0 Å². The number of allylic oxidation sites excluding steroid dienone is 5. The predicted octanol–water partition coefficient (Wildman–Crippen LogP) is 3.38. The van der Waals surface area contributed by atoms with Crippen LogP contribution in [0.3, 0.4) is 0 Å². The highest BCUT2D eigenvalue weighted by molar-refractivity contribution is 5.66. The van der Waals surface area contributed by atoms with E-state index in [-0.39, 0.29) is 18.3 Å². The van der Waals surface area contributed by atoms with Gasteiger partial charge in [-0.3, -0.25) is 4.79 Å². The Morgan fingerprint density at radius 1 is 1.07 bits per heavy atom. The van der Waals surface area contributed by atoms with Crippen molar-refractivity contribution >= 4 is 5.97 Å². The van der Waals surface area contributed by atoms with E-state index in [1.54, 1.807) is 6.08 Å². The summed E-state index contributed by atoms with van der Waals surface area (Å²) in [5.74, 6) is -0.955. The number of aliphatic carboxylic acids is 1. The minimum absolute atomic E-state index is 0.0160. The van der Waals surface area contributed by atoms with Crippen LogP contribution in [0.15, 0.2) is 48.6 Å². The first-order chi connectivity index (χ1) is 13.0. The zero-order valence-electron chi connectivity index (χ0n) is 16.2. The second-order valence-electron chi connectivity index (χ2n) is 7.03. The number of aliphatic hydroxyl groups is 3. The molecule has 4 N–H and O–H groups in total. The van der Waals surface area contributed by atoms with Crippen LogP contribution in [0.25, 0.3) is 0 Å². The minimum Gasteiger partial charge on any atom is -0.481 e. The Morgan fingerprint density at radius 2 is 1.81 bits per heavy atom. The number of carboxylic acids is 1. The van der Waals surface area contributed by atoms with E-state index in [0.717, 1.165) is 12.8 Å². The highest BCUT2D eigenvalue weighted by Gasteiger charge is 2.39. The molecule has 0 aromatic heterocycles. The van der Waals surface area contributed by atoms with Gasteiger partial charge in [0.05, 0.1) is 18.3 Å². The first-order valence-corrected chi connectivity index (χ1v) is 9.85. The number of hydrogen-bond donors (Lipinski definition) is 4. The average molecular weight is 379 g/mol. The Kier molecular flexibility index (Phi) is 11.7. The van der Waals surface area contributed by atoms with Crippen LogP contribution >= 0.6 is 0 Å². The summed E-state index contributed by atoms with van der Waals surface area (Å²) >= 11 is 0. The third-order valence-electron chi connectivity index (χ3n) is 4.79. The fourth-order valence-corrected chi connectivity index (χ4v) is 3.29. The van der Waals surface area contributed by atoms with Crippen LogP contribution in [0.1, 0.15) is 51.9 Å². The van der Waals surface area contributed by atoms with Gasteiger partial charge in [-0.15, -0.1) is 0 Å². The van der Waals surface area contributed by atoms with Gasteiger partial charge in [-0.2, -0.15) is 0 Å². The van der Waals surface area contributed by atoms with Gasteiger partial charge in [0.1, 0.15) is 0 Å². The normalized spacial score (nSPS) is 27.6. The van der Waals surface area contributed by atoms with Crippen molar-refractivity contribution in [1.29, 1.82) is 0 Å². The standard InChI is InChI=1S/C22H34O5/c1-2-3-8-12-18-19(21(25)16-20(18)24)15-14-17(23)11-9-6-4-5-7-10-13-22(26)27/h3,5-9,14-15,17-21,23-25H,2,4,10-13,16H2,1H3,(H,26,27)/b7-5-,8-3-,9-6-,15-14+/t17-,18+,19-,20-,21+/m1/s1. The van der Waals surface area contributed by atoms with Gasteiger partial charge < -0.3 is 20.4 Å². The molecule has 1 aliphatic carbocycles. The average Bonchev–Trinajstić information content (AvgIpc) is 2.88. The van der Waals surface area contributed by atoms with E-state index in [4.69, 9.17) is 5.11 Å². The molecule has 1 rings (SSSR count). The predicted molar refractivity (Wildman–Crippen MR) is 107 cm³/mol. The SMILES string of the molecule is CC/C=C\C[C@H]1[C@@H](/C=C/[C@H](O)C/C=C\C/C=C\CCC(=O)O)[C@@H](O)C[C@H]1O. The highest BCUT2D eigenvalue weighted by Crippen LogP contribution is 2.36. The number of aliphatic hydroxyl groups excluding tert-OH is 3. The van der Waals surface area contributed by atoms with Crippen LogP contribution in [0, 0.1) is 11.8 Å². The van der Waals surface area contributed by atoms with Crippen LogP contribution in [0.5, 0.6) is 0 Å². The summed E-state index contributed by atoms with van der Waals surface area (Å²) in [4.78, 5) is 10.4. The molecule has 152 valence electrons. The fourth-order valence-electron chi connectivity index (χ4n) is 3.29. The first kappa shape index (κ1) is 23.3. The molecule has 0 aromatic carbocycles. The molecule has 0 amide bonds. The Labute approximate surface area is 162 Å². The van der Waals surface area contributed by atoms with Crippen LogP contribution in [0.4, 0.5) is 0 Å². The molecular formula is C22H34O5. The third-order valence-corrected chi connectivity index (χ3v) is 4.79. The summed E-state index contributed by atoms with van der Waals surface area (Å²) in [6.45, 7) is 2.06. The van der Waals surface area contributed by atoms with E-state index in [2.05, 4.69) is 19.1 Å². The lowest BCUT2D eigenvalue weighted by Gasteiger charge is -2.19. The topological polar surface area (TPSA) is 98.0 Å². The monoisotopic (exact) mass is 378 g/mol. The zero-order chi connectivity index (χ0) is 20.1. The molecule has 0 heterocycles. The lowest BCUT2D eigenvalue weighted by Crippen LogP contribution is -2.20. The number of hydrogen-bond acceptors (Lipinski definition) is 4. The zero-order valence-corrected chi connectivity index (χ0v) is 16.2. The van der Waals surface area contributed by atoms with Crippen molar-refractivity contribution in [1.82, 2.24) is 0 Å². The van der Waals surface area contributed by atoms with Crippen molar-refractivity contribution in [2.75, 3.05) is 0 Å².